The molecule has 90 valence electrons. The van der Waals surface area contributed by atoms with E-state index in [0.29, 0.717) is 12.0 Å². The third-order valence-electron chi connectivity index (χ3n) is 2.50. The Kier molecular flexibility index (Phi) is 4.33. The molecule has 1 aromatic carbocycles. The SMILES string of the molecule is CC(C(Cl)Cc1cccc(F)c1)S(C)(=O)=O. The van der Waals surface area contributed by atoms with Gasteiger partial charge in [-0.1, -0.05) is 12.1 Å². The molecule has 0 aliphatic rings. The second-order valence-electron chi connectivity index (χ2n) is 3.88. The van der Waals surface area contributed by atoms with E-state index in [-0.39, 0.29) is 5.82 Å². The van der Waals surface area contributed by atoms with Gasteiger partial charge in [0.25, 0.3) is 0 Å². The van der Waals surface area contributed by atoms with E-state index in [4.69, 9.17) is 11.6 Å². The summed E-state index contributed by atoms with van der Waals surface area (Å²) in [6.07, 6.45) is 1.49. The fourth-order valence-electron chi connectivity index (χ4n) is 1.32. The average molecular weight is 265 g/mol. The molecule has 2 atom stereocenters. The average Bonchev–Trinajstić information content (AvgIpc) is 2.15. The molecule has 0 aliphatic carbocycles. The van der Waals surface area contributed by atoms with Crippen molar-refractivity contribution in [2.24, 2.45) is 0 Å². The molecule has 0 fully saturated rings. The van der Waals surface area contributed by atoms with Gasteiger partial charge in [0.05, 0.1) is 10.6 Å². The second kappa shape index (κ2) is 5.15. The van der Waals surface area contributed by atoms with Crippen LogP contribution < -0.4 is 0 Å². The van der Waals surface area contributed by atoms with Gasteiger partial charge in [0.15, 0.2) is 9.84 Å². The van der Waals surface area contributed by atoms with Crippen LogP contribution in [-0.2, 0) is 16.3 Å². The van der Waals surface area contributed by atoms with E-state index >= 15 is 0 Å². The lowest BCUT2D eigenvalue weighted by Crippen LogP contribution is -2.28. The van der Waals surface area contributed by atoms with Crippen molar-refractivity contribution in [2.45, 2.75) is 24.0 Å². The first-order valence-electron chi connectivity index (χ1n) is 4.88. The summed E-state index contributed by atoms with van der Waals surface area (Å²) in [5, 5.41) is -1.19. The Labute approximate surface area is 100 Å². The van der Waals surface area contributed by atoms with Gasteiger partial charge in [0.1, 0.15) is 5.82 Å². The van der Waals surface area contributed by atoms with Crippen molar-refractivity contribution >= 4 is 21.4 Å². The molecule has 2 nitrogen and oxygen atoms in total. The number of halogens is 2. The molecular formula is C11H14ClFO2S. The molecule has 0 amide bonds. The van der Waals surface area contributed by atoms with Gasteiger partial charge >= 0.3 is 0 Å². The smallest absolute Gasteiger partial charge is 0.151 e. The molecule has 0 heterocycles. The Morgan fingerprint density at radius 3 is 2.56 bits per heavy atom. The minimum atomic E-state index is -3.16. The minimum absolute atomic E-state index is 0.339. The van der Waals surface area contributed by atoms with E-state index in [1.165, 1.54) is 12.1 Å². The highest BCUT2D eigenvalue weighted by molar-refractivity contribution is 7.91. The molecule has 0 aromatic heterocycles. The summed E-state index contributed by atoms with van der Waals surface area (Å²) < 4.78 is 35.4. The van der Waals surface area contributed by atoms with Crippen LogP contribution in [0.15, 0.2) is 24.3 Å². The molecule has 0 bridgehead atoms. The van der Waals surface area contributed by atoms with Crippen LogP contribution in [0.3, 0.4) is 0 Å². The lowest BCUT2D eigenvalue weighted by Gasteiger charge is -2.16. The first-order valence-corrected chi connectivity index (χ1v) is 7.27. The van der Waals surface area contributed by atoms with Crippen LogP contribution in [-0.4, -0.2) is 25.3 Å². The predicted molar refractivity (Wildman–Crippen MR) is 64.1 cm³/mol. The van der Waals surface area contributed by atoms with E-state index < -0.39 is 20.5 Å². The van der Waals surface area contributed by atoms with Gasteiger partial charge in [0.2, 0.25) is 0 Å². The molecule has 0 radical (unpaired) electrons. The topological polar surface area (TPSA) is 34.1 Å². The summed E-state index contributed by atoms with van der Waals surface area (Å²) in [4.78, 5) is 0. The zero-order chi connectivity index (χ0) is 12.3. The standard InChI is InChI=1S/C11H14ClFO2S/c1-8(16(2,14)15)11(12)7-9-4-3-5-10(13)6-9/h3-6,8,11H,7H2,1-2H3. The van der Waals surface area contributed by atoms with E-state index in [2.05, 4.69) is 0 Å². The van der Waals surface area contributed by atoms with Gasteiger partial charge in [-0.2, -0.15) is 0 Å². The van der Waals surface area contributed by atoms with Crippen LogP contribution in [0.1, 0.15) is 12.5 Å². The number of rotatable bonds is 4. The fraction of sp³-hybridized carbons (Fsp3) is 0.455. The quantitative estimate of drug-likeness (QED) is 0.783. The summed E-state index contributed by atoms with van der Waals surface area (Å²) in [6.45, 7) is 1.56. The van der Waals surface area contributed by atoms with Crippen molar-refractivity contribution in [3.63, 3.8) is 0 Å². The highest BCUT2D eigenvalue weighted by Crippen LogP contribution is 2.17. The Bertz CT molecular complexity index is 459. The molecular weight excluding hydrogens is 251 g/mol. The zero-order valence-corrected chi connectivity index (χ0v) is 10.7. The summed E-state index contributed by atoms with van der Waals surface area (Å²) in [5.41, 5.74) is 0.704. The van der Waals surface area contributed by atoms with Crippen molar-refractivity contribution in [1.82, 2.24) is 0 Å². The van der Waals surface area contributed by atoms with Crippen molar-refractivity contribution in [3.05, 3.63) is 35.6 Å². The Morgan fingerprint density at radius 2 is 2.06 bits per heavy atom. The van der Waals surface area contributed by atoms with Gasteiger partial charge < -0.3 is 0 Å². The van der Waals surface area contributed by atoms with E-state index in [0.717, 1.165) is 6.26 Å². The number of hydrogen-bond acceptors (Lipinski definition) is 2. The Balaban J connectivity index is 2.75. The van der Waals surface area contributed by atoms with Crippen molar-refractivity contribution in [1.29, 1.82) is 0 Å². The zero-order valence-electron chi connectivity index (χ0n) is 9.15. The lowest BCUT2D eigenvalue weighted by molar-refractivity contribution is 0.584. The maximum absolute atomic E-state index is 12.9. The summed E-state index contributed by atoms with van der Waals surface area (Å²) in [6, 6.07) is 6.02. The van der Waals surface area contributed by atoms with Crippen LogP contribution in [0.25, 0.3) is 0 Å². The molecule has 0 N–H and O–H groups in total. The first-order chi connectivity index (χ1) is 7.30. The van der Waals surface area contributed by atoms with Gasteiger partial charge in [-0.05, 0) is 31.0 Å². The van der Waals surface area contributed by atoms with Crippen LogP contribution >= 0.6 is 11.6 Å². The molecule has 0 aliphatic heterocycles. The molecule has 0 saturated carbocycles. The molecule has 1 rings (SSSR count). The van der Waals surface area contributed by atoms with Crippen molar-refractivity contribution in [2.75, 3.05) is 6.26 Å². The van der Waals surface area contributed by atoms with Crippen LogP contribution in [0.5, 0.6) is 0 Å². The Morgan fingerprint density at radius 1 is 1.44 bits per heavy atom. The molecule has 1 aromatic rings. The van der Waals surface area contributed by atoms with Crippen molar-refractivity contribution in [3.8, 4) is 0 Å². The predicted octanol–water partition coefficient (Wildman–Crippen LogP) is 2.41. The van der Waals surface area contributed by atoms with Gasteiger partial charge in [0, 0.05) is 6.26 Å². The summed E-state index contributed by atoms with van der Waals surface area (Å²) in [7, 11) is -3.16. The molecule has 0 saturated heterocycles. The molecule has 0 spiro atoms. The molecule has 5 heteroatoms. The summed E-state index contributed by atoms with van der Waals surface area (Å²) >= 11 is 6.00. The first kappa shape index (κ1) is 13.5. The molecule has 16 heavy (non-hydrogen) atoms. The normalized spacial score (nSPS) is 15.8. The monoisotopic (exact) mass is 264 g/mol. The Hall–Kier alpha value is -0.610. The number of benzene rings is 1. The lowest BCUT2D eigenvalue weighted by atomic mass is 10.1. The van der Waals surface area contributed by atoms with Crippen molar-refractivity contribution < 1.29 is 12.8 Å². The highest BCUT2D eigenvalue weighted by atomic mass is 35.5. The third-order valence-corrected chi connectivity index (χ3v) is 4.87. The number of sulfone groups is 1. The highest BCUT2D eigenvalue weighted by Gasteiger charge is 2.24. The second-order valence-corrected chi connectivity index (χ2v) is 6.85. The van der Waals surface area contributed by atoms with E-state index in [1.54, 1.807) is 19.1 Å². The number of alkyl halides is 1. The largest absolute Gasteiger partial charge is 0.229 e. The van der Waals surface area contributed by atoms with Gasteiger partial charge in [-0.25, -0.2) is 12.8 Å². The van der Waals surface area contributed by atoms with Gasteiger partial charge in [-0.15, -0.1) is 11.6 Å². The van der Waals surface area contributed by atoms with Crippen LogP contribution in [0, 0.1) is 5.82 Å². The van der Waals surface area contributed by atoms with Gasteiger partial charge in [-0.3, -0.25) is 0 Å². The fourth-order valence-corrected chi connectivity index (χ4v) is 2.69. The number of hydrogen-bond donors (Lipinski definition) is 0. The summed E-state index contributed by atoms with van der Waals surface area (Å²) in [5.74, 6) is -0.339. The maximum Gasteiger partial charge on any atom is 0.151 e. The maximum atomic E-state index is 12.9. The van der Waals surface area contributed by atoms with E-state index in [9.17, 15) is 12.8 Å². The van der Waals surface area contributed by atoms with Crippen LogP contribution in [0.4, 0.5) is 4.39 Å². The van der Waals surface area contributed by atoms with E-state index in [1.807, 2.05) is 0 Å². The minimum Gasteiger partial charge on any atom is -0.229 e. The molecule has 2 unspecified atom stereocenters. The van der Waals surface area contributed by atoms with Crippen LogP contribution in [0.2, 0.25) is 0 Å². The third kappa shape index (κ3) is 3.76.